The van der Waals surface area contributed by atoms with Crippen LogP contribution in [0.25, 0.3) is 0 Å². The fraction of sp³-hybridized carbons (Fsp3) is 0.688. The zero-order valence-corrected chi connectivity index (χ0v) is 13.0. The molecule has 0 aromatic carbocycles. The van der Waals surface area contributed by atoms with Gasteiger partial charge in [-0.1, -0.05) is 0 Å². The number of alkyl halides is 3. The summed E-state index contributed by atoms with van der Waals surface area (Å²) in [7, 11) is 0. The fourth-order valence-corrected chi connectivity index (χ4v) is 3.51. The monoisotopic (exact) mass is 329 g/mol. The Kier molecular flexibility index (Phi) is 4.77. The molecule has 128 valence electrons. The summed E-state index contributed by atoms with van der Waals surface area (Å²) in [5, 5.41) is 9.54. The molecule has 0 amide bonds. The Bertz CT molecular complexity index is 530. The number of piperidine rings is 1. The van der Waals surface area contributed by atoms with Gasteiger partial charge in [0.05, 0.1) is 11.7 Å². The lowest BCUT2D eigenvalue weighted by molar-refractivity contribution is -0.137. The molecule has 1 aromatic heterocycles. The van der Waals surface area contributed by atoms with E-state index in [1.54, 1.807) is 4.90 Å². The van der Waals surface area contributed by atoms with E-state index in [1.165, 1.54) is 12.3 Å². The zero-order chi connectivity index (χ0) is 16.4. The lowest BCUT2D eigenvalue weighted by atomic mass is 10.0. The van der Waals surface area contributed by atoms with Gasteiger partial charge in [0, 0.05) is 38.9 Å². The minimum atomic E-state index is -4.37. The van der Waals surface area contributed by atoms with E-state index < -0.39 is 11.7 Å². The number of likely N-dealkylation sites (tertiary alicyclic amines) is 1. The summed E-state index contributed by atoms with van der Waals surface area (Å²) in [6.45, 7) is 3.85. The lowest BCUT2D eigenvalue weighted by Crippen LogP contribution is -2.39. The summed E-state index contributed by atoms with van der Waals surface area (Å²) in [5.74, 6) is 0.407. The molecule has 4 nitrogen and oxygen atoms in total. The molecule has 2 fully saturated rings. The number of halogens is 3. The number of aliphatic hydroxyl groups is 1. The number of aliphatic hydroxyl groups excluding tert-OH is 1. The van der Waals surface area contributed by atoms with Crippen molar-refractivity contribution in [3.63, 3.8) is 0 Å². The summed E-state index contributed by atoms with van der Waals surface area (Å²) in [4.78, 5) is 8.04. The third-order valence-corrected chi connectivity index (χ3v) is 4.75. The van der Waals surface area contributed by atoms with Crippen molar-refractivity contribution in [2.75, 3.05) is 37.6 Å². The van der Waals surface area contributed by atoms with E-state index in [-0.39, 0.29) is 11.9 Å². The molecular formula is C16H22F3N3O. The van der Waals surface area contributed by atoms with E-state index >= 15 is 0 Å². The number of anilines is 1. The van der Waals surface area contributed by atoms with Crippen molar-refractivity contribution in [1.29, 1.82) is 0 Å². The van der Waals surface area contributed by atoms with Gasteiger partial charge in [0.2, 0.25) is 0 Å². The van der Waals surface area contributed by atoms with Crippen LogP contribution in [0.5, 0.6) is 0 Å². The molecule has 1 unspecified atom stereocenters. The van der Waals surface area contributed by atoms with Gasteiger partial charge in [0.1, 0.15) is 5.82 Å². The van der Waals surface area contributed by atoms with Gasteiger partial charge in [-0.05, 0) is 37.3 Å². The number of rotatable bonds is 3. The highest BCUT2D eigenvalue weighted by atomic mass is 19.4. The minimum Gasteiger partial charge on any atom is -0.393 e. The number of aromatic nitrogens is 1. The van der Waals surface area contributed by atoms with Crippen molar-refractivity contribution in [2.24, 2.45) is 5.92 Å². The van der Waals surface area contributed by atoms with E-state index in [1.807, 2.05) is 0 Å². The van der Waals surface area contributed by atoms with Gasteiger partial charge in [-0.15, -0.1) is 0 Å². The van der Waals surface area contributed by atoms with Crippen LogP contribution in [-0.4, -0.2) is 53.8 Å². The largest absolute Gasteiger partial charge is 0.419 e. The van der Waals surface area contributed by atoms with E-state index in [0.29, 0.717) is 19.0 Å². The molecular weight excluding hydrogens is 307 g/mol. The van der Waals surface area contributed by atoms with Gasteiger partial charge < -0.3 is 14.9 Å². The summed E-state index contributed by atoms with van der Waals surface area (Å²) in [6.07, 6.45) is -0.695. The third-order valence-electron chi connectivity index (χ3n) is 4.75. The van der Waals surface area contributed by atoms with Crippen LogP contribution in [0.1, 0.15) is 24.8 Å². The van der Waals surface area contributed by atoms with Gasteiger partial charge >= 0.3 is 6.18 Å². The summed E-state index contributed by atoms with van der Waals surface area (Å²) < 4.78 is 39.3. The lowest BCUT2D eigenvalue weighted by Gasteiger charge is -2.31. The molecule has 7 heteroatoms. The van der Waals surface area contributed by atoms with Gasteiger partial charge in [-0.25, -0.2) is 4.98 Å². The van der Waals surface area contributed by atoms with Crippen molar-refractivity contribution < 1.29 is 18.3 Å². The van der Waals surface area contributed by atoms with E-state index in [9.17, 15) is 18.3 Å². The Morgan fingerprint density at radius 2 is 1.91 bits per heavy atom. The van der Waals surface area contributed by atoms with Crippen molar-refractivity contribution in [1.82, 2.24) is 9.88 Å². The molecule has 1 N–H and O–H groups in total. The van der Waals surface area contributed by atoms with Crippen LogP contribution in [0, 0.1) is 5.92 Å². The predicted molar refractivity (Wildman–Crippen MR) is 81.2 cm³/mol. The molecule has 2 aliphatic rings. The molecule has 0 spiro atoms. The van der Waals surface area contributed by atoms with Crippen LogP contribution in [0.4, 0.5) is 19.0 Å². The van der Waals surface area contributed by atoms with Crippen molar-refractivity contribution in [2.45, 2.75) is 31.5 Å². The number of hydrogen-bond donors (Lipinski definition) is 1. The minimum absolute atomic E-state index is 0.0524. The first-order valence-corrected chi connectivity index (χ1v) is 8.11. The predicted octanol–water partition coefficient (Wildman–Crippen LogP) is 2.38. The smallest absolute Gasteiger partial charge is 0.393 e. The molecule has 3 rings (SSSR count). The molecule has 3 heterocycles. The molecule has 1 atom stereocenters. The van der Waals surface area contributed by atoms with Crippen molar-refractivity contribution in [3.05, 3.63) is 23.9 Å². The maximum atomic E-state index is 13.1. The third kappa shape index (κ3) is 3.95. The standard InChI is InChI=1S/C16H22F3N3O/c17-16(18,19)14-2-1-6-20-15(14)22-9-3-12(11-22)10-21-7-4-13(23)5-8-21/h1-2,6,12-13,23H,3-5,7-11H2. The topological polar surface area (TPSA) is 39.6 Å². The Labute approximate surface area is 133 Å². The molecule has 0 radical (unpaired) electrons. The van der Waals surface area contributed by atoms with Crippen LogP contribution in [-0.2, 0) is 6.18 Å². The Hall–Kier alpha value is -1.34. The Balaban J connectivity index is 1.62. The average Bonchev–Trinajstić information content (AvgIpc) is 2.97. The molecule has 0 saturated carbocycles. The maximum Gasteiger partial charge on any atom is 0.419 e. The summed E-state index contributed by atoms with van der Waals surface area (Å²) in [5.41, 5.74) is -0.651. The second-order valence-electron chi connectivity index (χ2n) is 6.50. The van der Waals surface area contributed by atoms with Gasteiger partial charge in [0.25, 0.3) is 0 Å². The fourth-order valence-electron chi connectivity index (χ4n) is 3.51. The average molecular weight is 329 g/mol. The van der Waals surface area contributed by atoms with Crippen molar-refractivity contribution in [3.8, 4) is 0 Å². The van der Waals surface area contributed by atoms with Crippen LogP contribution in [0.15, 0.2) is 18.3 Å². The highest BCUT2D eigenvalue weighted by Gasteiger charge is 2.37. The Morgan fingerprint density at radius 1 is 1.17 bits per heavy atom. The zero-order valence-electron chi connectivity index (χ0n) is 13.0. The van der Waals surface area contributed by atoms with Gasteiger partial charge in [-0.3, -0.25) is 0 Å². The molecule has 23 heavy (non-hydrogen) atoms. The molecule has 2 aliphatic heterocycles. The summed E-state index contributed by atoms with van der Waals surface area (Å²) >= 11 is 0. The molecule has 0 aliphatic carbocycles. The van der Waals surface area contributed by atoms with Crippen LogP contribution >= 0.6 is 0 Å². The van der Waals surface area contributed by atoms with E-state index in [4.69, 9.17) is 0 Å². The van der Waals surface area contributed by atoms with Crippen LogP contribution in [0.3, 0.4) is 0 Å². The Morgan fingerprint density at radius 3 is 2.61 bits per heavy atom. The van der Waals surface area contributed by atoms with E-state index in [0.717, 1.165) is 45.0 Å². The number of pyridine rings is 1. The number of nitrogens with zero attached hydrogens (tertiary/aromatic N) is 3. The first-order valence-electron chi connectivity index (χ1n) is 8.11. The van der Waals surface area contributed by atoms with Gasteiger partial charge in [0.15, 0.2) is 0 Å². The molecule has 0 bridgehead atoms. The molecule has 2 saturated heterocycles. The SMILES string of the molecule is OC1CCN(CC2CCN(c3ncccc3C(F)(F)F)C2)CC1. The second kappa shape index (κ2) is 6.65. The maximum absolute atomic E-state index is 13.1. The van der Waals surface area contributed by atoms with Gasteiger partial charge in [-0.2, -0.15) is 13.2 Å². The van der Waals surface area contributed by atoms with E-state index in [2.05, 4.69) is 9.88 Å². The van der Waals surface area contributed by atoms with Crippen molar-refractivity contribution >= 4 is 5.82 Å². The first kappa shape index (κ1) is 16.5. The molecule has 1 aromatic rings. The second-order valence-corrected chi connectivity index (χ2v) is 6.50. The number of hydrogen-bond acceptors (Lipinski definition) is 4. The van der Waals surface area contributed by atoms with Crippen LogP contribution < -0.4 is 4.90 Å². The van der Waals surface area contributed by atoms with Crippen LogP contribution in [0.2, 0.25) is 0 Å². The summed E-state index contributed by atoms with van der Waals surface area (Å²) in [6, 6.07) is 2.43. The normalized spacial score (nSPS) is 24.3. The highest BCUT2D eigenvalue weighted by molar-refractivity contribution is 5.49. The highest BCUT2D eigenvalue weighted by Crippen LogP contribution is 2.36. The first-order chi connectivity index (χ1) is 10.9. The quantitative estimate of drug-likeness (QED) is 0.924.